The molecule has 1 fully saturated rings. The summed E-state index contributed by atoms with van der Waals surface area (Å²) in [6.45, 7) is 4.20. The standard InChI is InChI=1S/C16H22N2O3/c1-15(9-6-10-15)11-17-14(21)18-16(2,13(19)20)12-7-4-3-5-8-12/h3-5,7-8H,6,9-11H2,1-2H3,(H,19,20)(H2,17,18,21). The van der Waals surface area contributed by atoms with E-state index >= 15 is 0 Å². The molecule has 0 radical (unpaired) electrons. The van der Waals surface area contributed by atoms with Crippen LogP contribution >= 0.6 is 0 Å². The van der Waals surface area contributed by atoms with Crippen LogP contribution in [0.4, 0.5) is 4.79 Å². The van der Waals surface area contributed by atoms with Gasteiger partial charge in [-0.2, -0.15) is 0 Å². The highest BCUT2D eigenvalue weighted by atomic mass is 16.4. The van der Waals surface area contributed by atoms with Gasteiger partial charge in [0.15, 0.2) is 5.54 Å². The summed E-state index contributed by atoms with van der Waals surface area (Å²) in [5.41, 5.74) is -0.738. The molecule has 5 nitrogen and oxygen atoms in total. The molecule has 3 N–H and O–H groups in total. The minimum Gasteiger partial charge on any atom is -0.479 e. The van der Waals surface area contributed by atoms with Crippen molar-refractivity contribution in [2.45, 2.75) is 38.6 Å². The van der Waals surface area contributed by atoms with Crippen LogP contribution < -0.4 is 10.6 Å². The molecule has 0 heterocycles. The van der Waals surface area contributed by atoms with Crippen molar-refractivity contribution >= 4 is 12.0 Å². The lowest BCUT2D eigenvalue weighted by atomic mass is 9.70. The molecular weight excluding hydrogens is 268 g/mol. The SMILES string of the molecule is CC1(CNC(=O)NC(C)(C(=O)O)c2ccccc2)CCC1. The summed E-state index contributed by atoms with van der Waals surface area (Å²) in [5, 5.41) is 14.9. The number of aliphatic carboxylic acids is 1. The predicted molar refractivity (Wildman–Crippen MR) is 79.9 cm³/mol. The summed E-state index contributed by atoms with van der Waals surface area (Å²) >= 11 is 0. The van der Waals surface area contributed by atoms with Crippen molar-refractivity contribution < 1.29 is 14.7 Å². The fourth-order valence-corrected chi connectivity index (χ4v) is 2.54. The number of carboxylic acid groups (broad SMARTS) is 1. The van der Waals surface area contributed by atoms with Crippen LogP contribution in [0, 0.1) is 5.41 Å². The molecule has 1 unspecified atom stereocenters. The molecule has 1 aromatic rings. The number of benzene rings is 1. The van der Waals surface area contributed by atoms with E-state index < -0.39 is 17.5 Å². The Labute approximate surface area is 124 Å². The van der Waals surface area contributed by atoms with Crippen LogP contribution in [0.2, 0.25) is 0 Å². The summed E-state index contributed by atoms with van der Waals surface area (Å²) in [7, 11) is 0. The van der Waals surface area contributed by atoms with Crippen LogP contribution in [0.15, 0.2) is 30.3 Å². The first-order valence-corrected chi connectivity index (χ1v) is 7.21. The molecule has 1 aliphatic rings. The summed E-state index contributed by atoms with van der Waals surface area (Å²) in [4.78, 5) is 23.6. The first-order valence-electron chi connectivity index (χ1n) is 7.21. The molecule has 2 rings (SSSR count). The van der Waals surface area contributed by atoms with E-state index in [9.17, 15) is 14.7 Å². The Balaban J connectivity index is 2.02. The molecule has 5 heteroatoms. The van der Waals surface area contributed by atoms with Crippen LogP contribution in [-0.4, -0.2) is 23.7 Å². The number of hydrogen-bond acceptors (Lipinski definition) is 2. The largest absolute Gasteiger partial charge is 0.479 e. The highest BCUT2D eigenvalue weighted by molar-refractivity contribution is 5.87. The summed E-state index contributed by atoms with van der Waals surface area (Å²) in [5.74, 6) is -1.08. The van der Waals surface area contributed by atoms with Crippen molar-refractivity contribution in [1.29, 1.82) is 0 Å². The van der Waals surface area contributed by atoms with Crippen LogP contribution in [-0.2, 0) is 10.3 Å². The van der Waals surface area contributed by atoms with Gasteiger partial charge in [-0.1, -0.05) is 43.7 Å². The van der Waals surface area contributed by atoms with Crippen molar-refractivity contribution in [2.24, 2.45) is 5.41 Å². The molecule has 1 aromatic carbocycles. The van der Waals surface area contributed by atoms with Crippen LogP contribution in [0.3, 0.4) is 0 Å². The Morgan fingerprint density at radius 3 is 2.38 bits per heavy atom. The molecule has 0 saturated heterocycles. The average molecular weight is 290 g/mol. The lowest BCUT2D eigenvalue weighted by Gasteiger charge is -2.38. The zero-order valence-electron chi connectivity index (χ0n) is 12.5. The maximum atomic E-state index is 12.0. The van der Waals surface area contributed by atoms with Crippen molar-refractivity contribution in [1.82, 2.24) is 10.6 Å². The van der Waals surface area contributed by atoms with E-state index in [1.807, 2.05) is 6.07 Å². The third-order valence-corrected chi connectivity index (χ3v) is 4.38. The van der Waals surface area contributed by atoms with Gasteiger partial charge in [0, 0.05) is 6.54 Å². The number of carbonyl (C=O) groups is 2. The van der Waals surface area contributed by atoms with E-state index in [1.165, 1.54) is 13.3 Å². The Bertz CT molecular complexity index is 526. The number of rotatable bonds is 5. The van der Waals surface area contributed by atoms with Crippen molar-refractivity contribution in [3.63, 3.8) is 0 Å². The molecule has 0 spiro atoms. The smallest absolute Gasteiger partial charge is 0.333 e. The predicted octanol–water partition coefficient (Wildman–Crippen LogP) is 2.48. The van der Waals surface area contributed by atoms with Gasteiger partial charge in [-0.3, -0.25) is 0 Å². The minimum atomic E-state index is -1.44. The Hall–Kier alpha value is -2.04. The molecule has 1 aliphatic carbocycles. The topological polar surface area (TPSA) is 78.4 Å². The van der Waals surface area contributed by atoms with Gasteiger partial charge in [-0.15, -0.1) is 0 Å². The molecule has 114 valence electrons. The second kappa shape index (κ2) is 5.76. The first-order chi connectivity index (χ1) is 9.86. The number of amides is 2. The van der Waals surface area contributed by atoms with Gasteiger partial charge in [0.25, 0.3) is 0 Å². The summed E-state index contributed by atoms with van der Waals surface area (Å²) < 4.78 is 0. The average Bonchev–Trinajstić information content (AvgIpc) is 2.43. The van der Waals surface area contributed by atoms with E-state index in [2.05, 4.69) is 17.6 Å². The Kier molecular flexibility index (Phi) is 4.21. The molecule has 0 aromatic heterocycles. The molecule has 0 aliphatic heterocycles. The van der Waals surface area contributed by atoms with Crippen molar-refractivity contribution in [3.8, 4) is 0 Å². The van der Waals surface area contributed by atoms with E-state index in [1.54, 1.807) is 24.3 Å². The molecular formula is C16H22N2O3. The van der Waals surface area contributed by atoms with Gasteiger partial charge in [-0.25, -0.2) is 9.59 Å². The van der Waals surface area contributed by atoms with Gasteiger partial charge >= 0.3 is 12.0 Å². The normalized spacial score (nSPS) is 19.0. The third-order valence-electron chi connectivity index (χ3n) is 4.38. The Morgan fingerprint density at radius 1 is 1.29 bits per heavy atom. The number of nitrogens with one attached hydrogen (secondary N) is 2. The number of carboxylic acids is 1. The second-order valence-electron chi connectivity index (χ2n) is 6.27. The van der Waals surface area contributed by atoms with Crippen molar-refractivity contribution in [2.75, 3.05) is 6.54 Å². The van der Waals surface area contributed by atoms with Crippen LogP contribution in [0.25, 0.3) is 0 Å². The molecule has 21 heavy (non-hydrogen) atoms. The van der Waals surface area contributed by atoms with Gasteiger partial charge in [-0.05, 0) is 30.7 Å². The first kappa shape index (κ1) is 15.4. The lowest BCUT2D eigenvalue weighted by molar-refractivity contribution is -0.144. The zero-order chi connectivity index (χ0) is 15.5. The number of carbonyl (C=O) groups excluding carboxylic acids is 1. The van der Waals surface area contributed by atoms with E-state index in [0.717, 1.165) is 12.8 Å². The fraction of sp³-hybridized carbons (Fsp3) is 0.500. The molecule has 1 atom stereocenters. The minimum absolute atomic E-state index is 0.156. The Morgan fingerprint density at radius 2 is 1.90 bits per heavy atom. The van der Waals surface area contributed by atoms with Gasteiger partial charge < -0.3 is 15.7 Å². The zero-order valence-corrected chi connectivity index (χ0v) is 12.5. The highest BCUT2D eigenvalue weighted by Gasteiger charge is 2.38. The molecule has 2 amide bonds. The summed E-state index contributed by atoms with van der Waals surface area (Å²) in [6.07, 6.45) is 3.39. The second-order valence-corrected chi connectivity index (χ2v) is 6.27. The van der Waals surface area contributed by atoms with Gasteiger partial charge in [0.2, 0.25) is 0 Å². The number of urea groups is 1. The van der Waals surface area contributed by atoms with E-state index in [4.69, 9.17) is 0 Å². The van der Waals surface area contributed by atoms with E-state index in [0.29, 0.717) is 12.1 Å². The molecule has 1 saturated carbocycles. The molecule has 0 bridgehead atoms. The monoisotopic (exact) mass is 290 g/mol. The van der Waals surface area contributed by atoms with Gasteiger partial charge in [0.1, 0.15) is 0 Å². The lowest BCUT2D eigenvalue weighted by Crippen LogP contribution is -2.54. The van der Waals surface area contributed by atoms with Crippen molar-refractivity contribution in [3.05, 3.63) is 35.9 Å². The highest BCUT2D eigenvalue weighted by Crippen LogP contribution is 2.39. The third kappa shape index (κ3) is 3.35. The maximum absolute atomic E-state index is 12.0. The van der Waals surface area contributed by atoms with E-state index in [-0.39, 0.29) is 5.41 Å². The number of hydrogen-bond donors (Lipinski definition) is 3. The summed E-state index contributed by atoms with van der Waals surface area (Å²) in [6, 6.07) is 8.26. The van der Waals surface area contributed by atoms with Crippen LogP contribution in [0.5, 0.6) is 0 Å². The van der Waals surface area contributed by atoms with Gasteiger partial charge in [0.05, 0.1) is 0 Å². The van der Waals surface area contributed by atoms with Crippen LogP contribution in [0.1, 0.15) is 38.7 Å². The quantitative estimate of drug-likeness (QED) is 0.779. The maximum Gasteiger partial charge on any atom is 0.333 e. The fourth-order valence-electron chi connectivity index (χ4n) is 2.54.